The van der Waals surface area contributed by atoms with Gasteiger partial charge in [0, 0.05) is 30.7 Å². The van der Waals surface area contributed by atoms with E-state index in [-0.39, 0.29) is 17.4 Å². The standard InChI is InChI=1S/C15H19NO.3CO.Cr/c1-12(2)7-8-13-5-4-6-14-9-10-16(11-17-3)15(13)14;3*1-2;/h4-7,9-10H,8,11H2,1-3H3;;;;. The van der Waals surface area contributed by atoms with E-state index in [0.29, 0.717) is 6.73 Å². The largest absolute Gasteiger partial charge is 0 e. The Morgan fingerprint density at radius 1 is 1.08 bits per heavy atom. The van der Waals surface area contributed by atoms with Gasteiger partial charge >= 0.3 is 33.9 Å². The summed E-state index contributed by atoms with van der Waals surface area (Å²) < 4.78 is 29.9. The molecule has 2 rings (SSSR count). The summed E-state index contributed by atoms with van der Waals surface area (Å²) in [6.07, 6.45) is 5.33. The van der Waals surface area contributed by atoms with E-state index in [9.17, 15) is 0 Å². The molecule has 0 aliphatic heterocycles. The van der Waals surface area contributed by atoms with Gasteiger partial charge in [-0.2, -0.15) is 0 Å². The first-order valence-corrected chi connectivity index (χ1v) is 6.52. The smallest absolute Gasteiger partial charge is 0 e. The maximum atomic E-state index is 7.50. The second kappa shape index (κ2) is 17.6. The molecule has 1 aromatic heterocycles. The Balaban J connectivity index is -0.000000569. The number of hydrogen-bond acceptors (Lipinski definition) is 1. The predicted octanol–water partition coefficient (Wildman–Crippen LogP) is 3.64. The molecule has 24 heavy (non-hydrogen) atoms. The van der Waals surface area contributed by atoms with Crippen molar-refractivity contribution in [3.05, 3.63) is 67.6 Å². The zero-order valence-corrected chi connectivity index (χ0v) is 15.1. The van der Waals surface area contributed by atoms with Crippen molar-refractivity contribution in [2.24, 2.45) is 0 Å². The van der Waals surface area contributed by atoms with Gasteiger partial charge in [0.2, 0.25) is 0 Å². The fourth-order valence-corrected chi connectivity index (χ4v) is 2.07. The normalized spacial score (nSPS) is 7.88. The second-order valence-corrected chi connectivity index (χ2v) is 4.54. The van der Waals surface area contributed by atoms with Crippen molar-refractivity contribution in [3.63, 3.8) is 0 Å². The number of hydrogen-bond donors (Lipinski definition) is 0. The molecule has 0 atom stereocenters. The molecule has 1 aromatic carbocycles. The Bertz CT molecular complexity index is 650. The number of rotatable bonds is 4. The average Bonchev–Trinajstić information content (AvgIpc) is 3.02. The molecule has 2 aromatic rings. The van der Waals surface area contributed by atoms with Crippen LogP contribution < -0.4 is 0 Å². The first-order valence-electron chi connectivity index (χ1n) is 6.52. The van der Waals surface area contributed by atoms with Gasteiger partial charge in [0.25, 0.3) is 0 Å². The number of allylic oxidation sites excluding steroid dienone is 2. The van der Waals surface area contributed by atoms with Gasteiger partial charge in [0.05, 0.1) is 5.52 Å². The van der Waals surface area contributed by atoms with Gasteiger partial charge in [-0.15, -0.1) is 0 Å². The minimum atomic E-state index is 0. The van der Waals surface area contributed by atoms with E-state index >= 15 is 0 Å². The van der Waals surface area contributed by atoms with Gasteiger partial charge in [0.1, 0.15) is 6.73 Å². The van der Waals surface area contributed by atoms with Crippen molar-refractivity contribution in [2.75, 3.05) is 7.11 Å². The van der Waals surface area contributed by atoms with Crippen molar-refractivity contribution < 1.29 is 36.1 Å². The van der Waals surface area contributed by atoms with Crippen LogP contribution in [-0.4, -0.2) is 11.7 Å². The average molecular weight is 365 g/mol. The van der Waals surface area contributed by atoms with E-state index in [0.717, 1.165) is 6.42 Å². The molecule has 5 nitrogen and oxygen atoms in total. The van der Waals surface area contributed by atoms with Crippen LogP contribution in [0.15, 0.2) is 42.1 Å². The summed E-state index contributed by atoms with van der Waals surface area (Å²) in [5, 5.41) is 1.28. The third-order valence-electron chi connectivity index (χ3n) is 2.87. The zero-order valence-electron chi connectivity index (χ0n) is 13.9. The Kier molecular flexibility index (Phi) is 19.8. The molecule has 1 heterocycles. The van der Waals surface area contributed by atoms with E-state index < -0.39 is 0 Å². The number of fused-ring (bicyclic) bond motifs is 1. The van der Waals surface area contributed by atoms with Crippen LogP contribution in [0.3, 0.4) is 0 Å². The Morgan fingerprint density at radius 3 is 2.17 bits per heavy atom. The van der Waals surface area contributed by atoms with E-state index in [2.05, 4.69) is 74.9 Å². The predicted molar refractivity (Wildman–Crippen MR) is 83.9 cm³/mol. The molecule has 0 bridgehead atoms. The molecule has 126 valence electrons. The number of aromatic nitrogens is 1. The van der Waals surface area contributed by atoms with Gasteiger partial charge in [-0.1, -0.05) is 29.8 Å². The van der Waals surface area contributed by atoms with Gasteiger partial charge < -0.3 is 9.30 Å². The van der Waals surface area contributed by atoms with Crippen LogP contribution in [0.25, 0.3) is 10.9 Å². The molecule has 0 spiro atoms. The van der Waals surface area contributed by atoms with Crippen molar-refractivity contribution in [2.45, 2.75) is 27.0 Å². The zero-order chi connectivity index (χ0) is 18.3. The monoisotopic (exact) mass is 365 g/mol. The topological polar surface area (TPSA) is 73.9 Å². The number of methoxy groups -OCH3 is 1. The third-order valence-corrected chi connectivity index (χ3v) is 2.87. The molecule has 0 unspecified atom stereocenters. The van der Waals surface area contributed by atoms with Crippen molar-refractivity contribution in [1.29, 1.82) is 0 Å². The van der Waals surface area contributed by atoms with Gasteiger partial charge in [-0.3, -0.25) is 0 Å². The van der Waals surface area contributed by atoms with Crippen LogP contribution >= 0.6 is 0 Å². The van der Waals surface area contributed by atoms with Crippen LogP contribution in [0.2, 0.25) is 0 Å². The van der Waals surface area contributed by atoms with Gasteiger partial charge in [-0.25, -0.2) is 0 Å². The molecular weight excluding hydrogens is 346 g/mol. The van der Waals surface area contributed by atoms with Crippen LogP contribution in [0.4, 0.5) is 0 Å². The maximum Gasteiger partial charge on any atom is 0 e. The molecule has 0 amide bonds. The number of benzene rings is 1. The van der Waals surface area contributed by atoms with E-state index in [1.54, 1.807) is 7.11 Å². The molecule has 0 radical (unpaired) electrons. The van der Waals surface area contributed by atoms with Crippen LogP contribution in [0.5, 0.6) is 0 Å². The molecule has 0 aliphatic rings. The molecule has 0 saturated carbocycles. The first kappa shape index (κ1) is 27.1. The maximum absolute atomic E-state index is 7.50. The first-order chi connectivity index (χ1) is 11.2. The summed E-state index contributed by atoms with van der Waals surface area (Å²) in [4.78, 5) is 0. The Hall–Kier alpha value is -1.79. The summed E-state index contributed by atoms with van der Waals surface area (Å²) in [5.74, 6) is 0. The molecule has 0 aliphatic carbocycles. The summed E-state index contributed by atoms with van der Waals surface area (Å²) >= 11 is 0. The number of para-hydroxylation sites is 1. The fourth-order valence-electron chi connectivity index (χ4n) is 2.07. The summed E-state index contributed by atoms with van der Waals surface area (Å²) in [5.41, 5.74) is 3.99. The van der Waals surface area contributed by atoms with Crippen LogP contribution in [0, 0.1) is 20.0 Å². The van der Waals surface area contributed by atoms with Gasteiger partial charge in [0.15, 0.2) is 0 Å². The van der Waals surface area contributed by atoms with Crippen molar-refractivity contribution in [1.82, 2.24) is 4.57 Å². The summed E-state index contributed by atoms with van der Waals surface area (Å²) in [6.45, 7) is 18.4. The molecule has 0 saturated heterocycles. The van der Waals surface area contributed by atoms with Crippen LogP contribution in [-0.2, 0) is 49.2 Å². The number of nitrogens with zero attached hydrogens (tertiary/aromatic N) is 1. The van der Waals surface area contributed by atoms with Crippen molar-refractivity contribution in [3.8, 4) is 0 Å². The number of ether oxygens (including phenoxy) is 1. The van der Waals surface area contributed by atoms with E-state index in [1.165, 1.54) is 22.0 Å². The quantitative estimate of drug-likeness (QED) is 0.463. The Morgan fingerprint density at radius 2 is 1.67 bits per heavy atom. The van der Waals surface area contributed by atoms with Crippen LogP contribution in [0.1, 0.15) is 19.4 Å². The SMILES string of the molecule is COCn1ccc2cccc(CC=C(C)C)c21.[C-]#[O+].[C-]#[O+].[C-]#[O+].[Cr]. The molecule has 6 heteroatoms. The second-order valence-electron chi connectivity index (χ2n) is 4.54. The fraction of sp³-hybridized carbons (Fsp3) is 0.278. The third kappa shape index (κ3) is 8.74. The van der Waals surface area contributed by atoms with E-state index in [1.807, 2.05) is 0 Å². The van der Waals surface area contributed by atoms with E-state index in [4.69, 9.17) is 18.7 Å². The summed E-state index contributed by atoms with van der Waals surface area (Å²) in [7, 11) is 1.73. The van der Waals surface area contributed by atoms with Gasteiger partial charge in [-0.05, 0) is 37.3 Å². The molecule has 0 fully saturated rings. The minimum absolute atomic E-state index is 0. The molecule has 0 N–H and O–H groups in total. The molecular formula is C18H19CrNO4. The minimum Gasteiger partial charge on any atom is 0 e. The Labute approximate surface area is 153 Å². The summed E-state index contributed by atoms with van der Waals surface area (Å²) in [6, 6.07) is 8.59. The van der Waals surface area contributed by atoms with Crippen molar-refractivity contribution >= 4 is 10.9 Å².